The van der Waals surface area contributed by atoms with E-state index in [-0.39, 0.29) is 17.2 Å². The molecular weight excluding hydrogens is 445 g/mol. The summed E-state index contributed by atoms with van der Waals surface area (Å²) in [6.07, 6.45) is 10.6. The molecule has 35 heavy (non-hydrogen) atoms. The fourth-order valence-corrected chi connectivity index (χ4v) is 5.32. The molecule has 5 rings (SSSR count). The Hall–Kier alpha value is -3.32. The second-order valence-electron chi connectivity index (χ2n) is 9.84. The number of aromatic nitrogens is 2. The van der Waals surface area contributed by atoms with Crippen molar-refractivity contribution in [2.24, 2.45) is 5.92 Å². The predicted octanol–water partition coefficient (Wildman–Crippen LogP) is 5.70. The number of halogens is 1. The number of carboxylic acids is 1. The third-order valence-electron chi connectivity index (χ3n) is 7.40. The van der Waals surface area contributed by atoms with Crippen molar-refractivity contribution in [1.82, 2.24) is 15.0 Å². The van der Waals surface area contributed by atoms with Gasteiger partial charge in [-0.2, -0.15) is 4.98 Å². The molecule has 0 amide bonds. The maximum Gasteiger partial charge on any atom is 0.309 e. The Bertz CT molecular complexity index is 1170. The highest BCUT2D eigenvalue weighted by Crippen LogP contribution is 2.42. The van der Waals surface area contributed by atoms with Gasteiger partial charge in [0.25, 0.3) is 5.89 Å². The lowest BCUT2D eigenvalue weighted by atomic mass is 9.67. The van der Waals surface area contributed by atoms with Crippen LogP contribution in [0.15, 0.2) is 59.1 Å². The minimum Gasteiger partial charge on any atom is -0.481 e. The second-order valence-corrected chi connectivity index (χ2v) is 9.84. The lowest BCUT2D eigenvalue weighted by Gasteiger charge is -2.37. The van der Waals surface area contributed by atoms with Crippen molar-refractivity contribution in [3.05, 3.63) is 77.4 Å². The van der Waals surface area contributed by atoms with Gasteiger partial charge in [-0.1, -0.05) is 66.9 Å². The van der Waals surface area contributed by atoms with Gasteiger partial charge in [0.1, 0.15) is 5.82 Å². The van der Waals surface area contributed by atoms with E-state index in [1.54, 1.807) is 12.1 Å². The first-order valence-corrected chi connectivity index (χ1v) is 12.3. The molecule has 3 aromatic rings. The molecule has 2 aliphatic rings. The summed E-state index contributed by atoms with van der Waals surface area (Å²) in [5, 5.41) is 13.1. The smallest absolute Gasteiger partial charge is 0.309 e. The number of hydrogen-bond donors (Lipinski definition) is 1. The van der Waals surface area contributed by atoms with Crippen LogP contribution in [-0.2, 0) is 16.8 Å². The third-order valence-corrected chi connectivity index (χ3v) is 7.40. The summed E-state index contributed by atoms with van der Waals surface area (Å²) in [5.41, 5.74) is 3.23. The first-order chi connectivity index (χ1) is 17.0. The maximum atomic E-state index is 13.5. The quantitative estimate of drug-likeness (QED) is 0.450. The third kappa shape index (κ3) is 5.35. The minimum atomic E-state index is -0.720. The zero-order valence-electron chi connectivity index (χ0n) is 19.7. The molecule has 2 aromatic carbocycles. The number of aliphatic carboxylic acids is 1. The van der Waals surface area contributed by atoms with Crippen molar-refractivity contribution in [2.45, 2.75) is 50.5 Å². The summed E-state index contributed by atoms with van der Waals surface area (Å²) < 4.78 is 18.9. The summed E-state index contributed by atoms with van der Waals surface area (Å²) in [4.78, 5) is 17.6. The van der Waals surface area contributed by atoms with Gasteiger partial charge in [0.15, 0.2) is 0 Å². The first-order valence-electron chi connectivity index (χ1n) is 12.3. The predicted molar refractivity (Wildman–Crippen MR) is 131 cm³/mol. The standard InChI is InChI=1S/C28H30FN3O3/c29-24-12-10-23(11-13-24)28(14-2-1-3-15-28)16-4-5-25-30-26(31-35-25)21-8-6-20(7-9-21)17-32-18-22(19-32)27(33)34/h4-13,22H,1-3,14-19H2,(H,33,34). The Morgan fingerprint density at radius 3 is 2.49 bits per heavy atom. The summed E-state index contributed by atoms with van der Waals surface area (Å²) >= 11 is 0. The van der Waals surface area contributed by atoms with Gasteiger partial charge in [0, 0.05) is 25.2 Å². The van der Waals surface area contributed by atoms with Crippen LogP contribution in [0.4, 0.5) is 4.39 Å². The van der Waals surface area contributed by atoms with E-state index in [4.69, 9.17) is 9.63 Å². The zero-order chi connectivity index (χ0) is 24.3. The molecule has 0 radical (unpaired) electrons. The molecule has 2 fully saturated rings. The molecule has 7 heteroatoms. The highest BCUT2D eigenvalue weighted by molar-refractivity contribution is 5.71. The Morgan fingerprint density at radius 2 is 1.80 bits per heavy atom. The minimum absolute atomic E-state index is 0.0298. The molecule has 1 aliphatic heterocycles. The van der Waals surface area contributed by atoms with E-state index in [1.807, 2.05) is 42.5 Å². The Labute approximate surface area is 204 Å². The maximum absolute atomic E-state index is 13.5. The van der Waals surface area contributed by atoms with E-state index in [2.05, 4.69) is 21.1 Å². The molecule has 1 N–H and O–H groups in total. The summed E-state index contributed by atoms with van der Waals surface area (Å²) in [5.74, 6) is -0.160. The second kappa shape index (κ2) is 10.1. The van der Waals surface area contributed by atoms with Crippen LogP contribution in [0.1, 0.15) is 55.5 Å². The summed E-state index contributed by atoms with van der Waals surface area (Å²) in [6.45, 7) is 1.93. The fraction of sp³-hybridized carbons (Fsp3) is 0.393. The van der Waals surface area contributed by atoms with Gasteiger partial charge in [0.05, 0.1) is 5.92 Å². The molecule has 0 atom stereocenters. The molecule has 1 aliphatic carbocycles. The van der Waals surface area contributed by atoms with Crippen LogP contribution >= 0.6 is 0 Å². The molecule has 0 bridgehead atoms. The number of hydrogen-bond acceptors (Lipinski definition) is 5. The SMILES string of the molecule is O=C(O)C1CN(Cc2ccc(-c3noc(C=CCC4(c5ccc(F)cc5)CCCCC4)n3)cc2)C1. The van der Waals surface area contributed by atoms with Gasteiger partial charge in [-0.25, -0.2) is 4.39 Å². The van der Waals surface area contributed by atoms with Gasteiger partial charge >= 0.3 is 5.97 Å². The number of carbonyl (C=O) groups is 1. The first kappa shape index (κ1) is 23.4. The van der Waals surface area contributed by atoms with Crippen LogP contribution in [0.3, 0.4) is 0 Å². The Morgan fingerprint density at radius 1 is 1.09 bits per heavy atom. The number of likely N-dealkylation sites (tertiary alicyclic amines) is 1. The van der Waals surface area contributed by atoms with E-state index in [0.717, 1.165) is 36.9 Å². The number of nitrogens with zero attached hydrogens (tertiary/aromatic N) is 3. The lowest BCUT2D eigenvalue weighted by Crippen LogP contribution is -2.49. The fourth-order valence-electron chi connectivity index (χ4n) is 5.32. The molecule has 182 valence electrons. The van der Waals surface area contributed by atoms with Crippen LogP contribution in [0, 0.1) is 11.7 Å². The average Bonchev–Trinajstić information content (AvgIpc) is 3.31. The van der Waals surface area contributed by atoms with Crippen LogP contribution < -0.4 is 0 Å². The summed E-state index contributed by atoms with van der Waals surface area (Å²) in [6, 6.07) is 14.9. The largest absolute Gasteiger partial charge is 0.481 e. The molecular formula is C28H30FN3O3. The van der Waals surface area contributed by atoms with Crippen LogP contribution in [-0.4, -0.2) is 39.2 Å². The molecule has 1 saturated heterocycles. The number of carboxylic acid groups (broad SMARTS) is 1. The van der Waals surface area contributed by atoms with Gasteiger partial charge in [-0.3, -0.25) is 9.69 Å². The number of benzene rings is 2. The highest BCUT2D eigenvalue weighted by atomic mass is 19.1. The number of rotatable bonds is 8. The zero-order valence-corrected chi connectivity index (χ0v) is 19.7. The lowest BCUT2D eigenvalue weighted by molar-refractivity contribution is -0.147. The van der Waals surface area contributed by atoms with E-state index in [1.165, 1.54) is 24.8 Å². The van der Waals surface area contributed by atoms with Gasteiger partial charge < -0.3 is 9.63 Å². The Balaban J connectivity index is 1.21. The molecule has 6 nitrogen and oxygen atoms in total. The Kier molecular flexibility index (Phi) is 6.77. The normalized spacial score (nSPS) is 18.5. The number of allylic oxidation sites excluding steroid dienone is 1. The van der Waals surface area contributed by atoms with Gasteiger partial charge in [-0.15, -0.1) is 0 Å². The monoisotopic (exact) mass is 475 g/mol. The van der Waals surface area contributed by atoms with Crippen molar-refractivity contribution in [3.63, 3.8) is 0 Å². The van der Waals surface area contributed by atoms with Crippen LogP contribution in [0.5, 0.6) is 0 Å². The van der Waals surface area contributed by atoms with Crippen molar-refractivity contribution in [1.29, 1.82) is 0 Å². The van der Waals surface area contributed by atoms with Crippen molar-refractivity contribution < 1.29 is 18.8 Å². The van der Waals surface area contributed by atoms with Gasteiger partial charge in [0.2, 0.25) is 5.82 Å². The molecule has 1 aromatic heterocycles. The van der Waals surface area contributed by atoms with E-state index in [0.29, 0.717) is 24.8 Å². The highest BCUT2D eigenvalue weighted by Gasteiger charge is 2.33. The molecule has 0 unspecified atom stereocenters. The summed E-state index contributed by atoms with van der Waals surface area (Å²) in [7, 11) is 0. The van der Waals surface area contributed by atoms with E-state index < -0.39 is 5.97 Å². The van der Waals surface area contributed by atoms with Gasteiger partial charge in [-0.05, 0) is 54.0 Å². The van der Waals surface area contributed by atoms with E-state index >= 15 is 0 Å². The van der Waals surface area contributed by atoms with Crippen molar-refractivity contribution in [3.8, 4) is 11.4 Å². The molecule has 2 heterocycles. The van der Waals surface area contributed by atoms with Crippen LogP contribution in [0.25, 0.3) is 17.5 Å². The van der Waals surface area contributed by atoms with E-state index in [9.17, 15) is 9.18 Å². The van der Waals surface area contributed by atoms with Crippen molar-refractivity contribution in [2.75, 3.05) is 13.1 Å². The van der Waals surface area contributed by atoms with Crippen LogP contribution in [0.2, 0.25) is 0 Å². The van der Waals surface area contributed by atoms with Crippen molar-refractivity contribution >= 4 is 12.0 Å². The molecule has 0 spiro atoms. The topological polar surface area (TPSA) is 79.5 Å². The average molecular weight is 476 g/mol. The molecule has 1 saturated carbocycles.